The molecule has 0 spiro atoms. The van der Waals surface area contributed by atoms with Crippen LogP contribution in [0, 0.1) is 29.1 Å². The summed E-state index contributed by atoms with van der Waals surface area (Å²) in [6, 6.07) is 0. The van der Waals surface area contributed by atoms with Gasteiger partial charge < -0.3 is 5.11 Å². The fourth-order valence-corrected chi connectivity index (χ4v) is 5.79. The van der Waals surface area contributed by atoms with Crippen LogP contribution in [0.1, 0.15) is 51.9 Å². The van der Waals surface area contributed by atoms with Crippen molar-refractivity contribution in [1.29, 1.82) is 0 Å². The zero-order chi connectivity index (χ0) is 10.3. The van der Waals surface area contributed by atoms with Gasteiger partial charge >= 0.3 is 0 Å². The Bertz CT molecular complexity index is 273. The van der Waals surface area contributed by atoms with Crippen LogP contribution >= 0.6 is 0 Å². The van der Waals surface area contributed by atoms with E-state index >= 15 is 0 Å². The molecule has 84 valence electrons. The van der Waals surface area contributed by atoms with Crippen molar-refractivity contribution >= 4 is 0 Å². The minimum atomic E-state index is -0.233. The maximum Gasteiger partial charge on any atom is 0.0734 e. The predicted octanol–water partition coefficient (Wildman–Crippen LogP) is 2.97. The van der Waals surface area contributed by atoms with Crippen LogP contribution in [0.25, 0.3) is 0 Å². The molecule has 1 heteroatoms. The van der Waals surface area contributed by atoms with E-state index in [1.807, 2.05) is 0 Å². The summed E-state index contributed by atoms with van der Waals surface area (Å²) >= 11 is 0. The lowest BCUT2D eigenvalue weighted by atomic mass is 9.47. The first-order valence-electron chi connectivity index (χ1n) is 6.84. The lowest BCUT2D eigenvalue weighted by Gasteiger charge is -2.59. The quantitative estimate of drug-likeness (QED) is 0.699. The van der Waals surface area contributed by atoms with Crippen molar-refractivity contribution in [3.8, 4) is 0 Å². The van der Waals surface area contributed by atoms with Crippen LogP contribution in [0.15, 0.2) is 0 Å². The standard InChI is InChI=1S/C14H22O/c1-9-5-14(9,15)13-6-10-2-11(7-13)4-12(3-10)8-13/h9-12,15H,2-8H2,1H3. The molecule has 5 rings (SSSR count). The normalized spacial score (nSPS) is 66.0. The van der Waals surface area contributed by atoms with E-state index in [2.05, 4.69) is 6.92 Å². The van der Waals surface area contributed by atoms with Crippen molar-refractivity contribution in [2.75, 3.05) is 0 Å². The summed E-state index contributed by atoms with van der Waals surface area (Å²) in [6.07, 6.45) is 9.65. The average molecular weight is 206 g/mol. The molecule has 5 saturated carbocycles. The molecular formula is C14H22O. The molecule has 1 nitrogen and oxygen atoms in total. The van der Waals surface area contributed by atoms with E-state index in [-0.39, 0.29) is 5.60 Å². The number of hydrogen-bond acceptors (Lipinski definition) is 1. The molecule has 5 aliphatic rings. The summed E-state index contributed by atoms with van der Waals surface area (Å²) in [5.74, 6) is 3.53. The lowest BCUT2D eigenvalue weighted by molar-refractivity contribution is -0.138. The van der Waals surface area contributed by atoms with E-state index in [0.29, 0.717) is 11.3 Å². The lowest BCUT2D eigenvalue weighted by Crippen LogP contribution is -2.53. The second kappa shape index (κ2) is 2.45. The van der Waals surface area contributed by atoms with Crippen LogP contribution in [0.4, 0.5) is 0 Å². The maximum atomic E-state index is 10.8. The van der Waals surface area contributed by atoms with E-state index in [4.69, 9.17) is 0 Å². The van der Waals surface area contributed by atoms with Gasteiger partial charge in [0.1, 0.15) is 0 Å². The van der Waals surface area contributed by atoms with Crippen LogP contribution < -0.4 is 0 Å². The zero-order valence-corrected chi connectivity index (χ0v) is 9.71. The van der Waals surface area contributed by atoms with Crippen LogP contribution in [0.3, 0.4) is 0 Å². The predicted molar refractivity (Wildman–Crippen MR) is 59.3 cm³/mol. The molecule has 0 amide bonds. The molecule has 4 bridgehead atoms. The second-order valence-electron chi connectivity index (χ2n) is 7.23. The van der Waals surface area contributed by atoms with Crippen molar-refractivity contribution in [2.45, 2.75) is 57.5 Å². The summed E-state index contributed by atoms with van der Waals surface area (Å²) < 4.78 is 0. The number of hydrogen-bond donors (Lipinski definition) is 1. The van der Waals surface area contributed by atoms with E-state index in [1.54, 1.807) is 0 Å². The summed E-state index contributed by atoms with van der Waals surface area (Å²) in [6.45, 7) is 2.25. The van der Waals surface area contributed by atoms with Gasteiger partial charge in [0, 0.05) is 5.41 Å². The van der Waals surface area contributed by atoms with Crippen LogP contribution in [0.2, 0.25) is 0 Å². The Morgan fingerprint density at radius 3 is 1.60 bits per heavy atom. The molecule has 1 N–H and O–H groups in total. The van der Waals surface area contributed by atoms with Crippen molar-refractivity contribution < 1.29 is 5.11 Å². The highest BCUT2D eigenvalue weighted by molar-refractivity contribution is 5.18. The minimum Gasteiger partial charge on any atom is -0.389 e. The van der Waals surface area contributed by atoms with Crippen LogP contribution in [-0.4, -0.2) is 10.7 Å². The van der Waals surface area contributed by atoms with Gasteiger partial charge in [-0.25, -0.2) is 0 Å². The summed E-state index contributed by atoms with van der Waals surface area (Å²) in [5, 5.41) is 10.8. The highest BCUT2D eigenvalue weighted by Crippen LogP contribution is 2.70. The van der Waals surface area contributed by atoms with Gasteiger partial charge in [0.25, 0.3) is 0 Å². The Morgan fingerprint density at radius 2 is 1.27 bits per heavy atom. The molecule has 15 heavy (non-hydrogen) atoms. The average Bonchev–Trinajstić information content (AvgIpc) is 2.74. The number of rotatable bonds is 1. The van der Waals surface area contributed by atoms with Crippen molar-refractivity contribution in [3.05, 3.63) is 0 Å². The topological polar surface area (TPSA) is 20.2 Å². The van der Waals surface area contributed by atoms with Crippen molar-refractivity contribution in [2.24, 2.45) is 29.1 Å². The Labute approximate surface area is 92.3 Å². The SMILES string of the molecule is CC1CC1(O)C12CC3CC(CC(C3)C1)C2. The molecule has 5 aliphatic carbocycles. The maximum absolute atomic E-state index is 10.8. The molecule has 2 atom stereocenters. The Morgan fingerprint density at radius 1 is 0.867 bits per heavy atom. The van der Waals surface area contributed by atoms with E-state index in [0.717, 1.165) is 24.2 Å². The van der Waals surface area contributed by atoms with Gasteiger partial charge in [-0.2, -0.15) is 0 Å². The molecule has 2 unspecified atom stereocenters. The third kappa shape index (κ3) is 0.988. The number of aliphatic hydroxyl groups is 1. The minimum absolute atomic E-state index is 0.233. The largest absolute Gasteiger partial charge is 0.389 e. The summed E-state index contributed by atoms with van der Waals surface area (Å²) in [5.41, 5.74) is 0.143. The fraction of sp³-hybridized carbons (Fsp3) is 1.00. The van der Waals surface area contributed by atoms with Gasteiger partial charge in [-0.15, -0.1) is 0 Å². The third-order valence-corrected chi connectivity index (χ3v) is 6.23. The first-order chi connectivity index (χ1) is 7.11. The first kappa shape index (κ1) is 9.04. The highest BCUT2D eigenvalue weighted by atomic mass is 16.3. The molecule has 0 aromatic rings. The monoisotopic (exact) mass is 206 g/mol. The first-order valence-corrected chi connectivity index (χ1v) is 6.84. The van der Waals surface area contributed by atoms with Gasteiger partial charge in [0.15, 0.2) is 0 Å². The van der Waals surface area contributed by atoms with Gasteiger partial charge in [-0.3, -0.25) is 0 Å². The van der Waals surface area contributed by atoms with Crippen LogP contribution in [0.5, 0.6) is 0 Å². The van der Waals surface area contributed by atoms with E-state index < -0.39 is 0 Å². The van der Waals surface area contributed by atoms with Gasteiger partial charge in [0.2, 0.25) is 0 Å². The molecule has 0 aromatic carbocycles. The van der Waals surface area contributed by atoms with Gasteiger partial charge in [-0.05, 0) is 68.6 Å². The van der Waals surface area contributed by atoms with E-state index in [9.17, 15) is 5.11 Å². The highest BCUT2D eigenvalue weighted by Gasteiger charge is 2.68. The molecule has 0 aromatic heterocycles. The molecule has 0 heterocycles. The van der Waals surface area contributed by atoms with E-state index in [1.165, 1.54) is 38.5 Å². The zero-order valence-electron chi connectivity index (χ0n) is 9.71. The van der Waals surface area contributed by atoms with Gasteiger partial charge in [-0.1, -0.05) is 6.92 Å². The van der Waals surface area contributed by atoms with Crippen LogP contribution in [-0.2, 0) is 0 Å². The molecule has 0 radical (unpaired) electrons. The Balaban J connectivity index is 1.72. The Kier molecular flexibility index (Phi) is 1.47. The molecule has 5 fully saturated rings. The summed E-state index contributed by atoms with van der Waals surface area (Å²) in [7, 11) is 0. The molecule has 0 aliphatic heterocycles. The Hall–Kier alpha value is -0.0400. The van der Waals surface area contributed by atoms with Gasteiger partial charge in [0.05, 0.1) is 5.60 Å². The summed E-state index contributed by atoms with van der Waals surface area (Å²) in [4.78, 5) is 0. The van der Waals surface area contributed by atoms with Crippen molar-refractivity contribution in [1.82, 2.24) is 0 Å². The second-order valence-corrected chi connectivity index (χ2v) is 7.23. The third-order valence-electron chi connectivity index (χ3n) is 6.23. The van der Waals surface area contributed by atoms with Crippen molar-refractivity contribution in [3.63, 3.8) is 0 Å². The fourth-order valence-electron chi connectivity index (χ4n) is 5.79. The molecule has 0 saturated heterocycles. The smallest absolute Gasteiger partial charge is 0.0734 e. The molecular weight excluding hydrogens is 184 g/mol.